The summed E-state index contributed by atoms with van der Waals surface area (Å²) in [7, 11) is 0. The average molecular weight is 189 g/mol. The number of carbonyl (C=O) groups is 1. The van der Waals surface area contributed by atoms with Crippen LogP contribution in [-0.2, 0) is 4.79 Å². The average Bonchev–Trinajstić information content (AvgIpc) is 2.64. The van der Waals surface area contributed by atoms with Crippen LogP contribution >= 0.6 is 0 Å². The van der Waals surface area contributed by atoms with Crippen LogP contribution in [-0.4, -0.2) is 11.0 Å². The first-order valence-electron chi connectivity index (χ1n) is 4.57. The fourth-order valence-corrected chi connectivity index (χ4v) is 1.30. The molecule has 0 atom stereocenters. The molecule has 1 aromatic carbocycles. The molecule has 1 N–H and O–H groups in total. The summed E-state index contributed by atoms with van der Waals surface area (Å²) in [5.41, 5.74) is 1.04. The lowest BCUT2D eigenvalue weighted by Crippen LogP contribution is -2.05. The summed E-state index contributed by atoms with van der Waals surface area (Å²) in [6.45, 7) is 1.77. The molecular formula is C11H11NO2. The molecule has 3 heteroatoms. The zero-order chi connectivity index (χ0) is 9.97. The highest BCUT2D eigenvalue weighted by atomic mass is 16.5. The molecule has 0 amide bonds. The maximum Gasteiger partial charge on any atom is 0.310 e. The molecule has 3 nitrogen and oxygen atoms in total. The Morgan fingerprint density at radius 2 is 2.29 bits per heavy atom. The number of hydrogen-bond donors (Lipinski definition) is 1. The molecule has 72 valence electrons. The van der Waals surface area contributed by atoms with Gasteiger partial charge in [0.05, 0.1) is 0 Å². The molecule has 0 bridgehead atoms. The highest BCUT2D eigenvalue weighted by Crippen LogP contribution is 2.19. The Bertz CT molecular complexity index is 459. The fourth-order valence-electron chi connectivity index (χ4n) is 1.30. The molecule has 0 spiro atoms. The smallest absolute Gasteiger partial charge is 0.310 e. The first-order valence-corrected chi connectivity index (χ1v) is 4.57. The Hall–Kier alpha value is -1.77. The molecule has 1 heterocycles. The van der Waals surface area contributed by atoms with E-state index in [4.69, 9.17) is 4.74 Å². The van der Waals surface area contributed by atoms with E-state index in [-0.39, 0.29) is 5.97 Å². The van der Waals surface area contributed by atoms with Gasteiger partial charge in [-0.3, -0.25) is 4.79 Å². The van der Waals surface area contributed by atoms with E-state index in [0.29, 0.717) is 12.2 Å². The van der Waals surface area contributed by atoms with Gasteiger partial charge in [0.15, 0.2) is 0 Å². The highest BCUT2D eigenvalue weighted by molar-refractivity contribution is 5.82. The highest BCUT2D eigenvalue weighted by Gasteiger charge is 2.02. The van der Waals surface area contributed by atoms with Gasteiger partial charge in [-0.05, 0) is 24.3 Å². The Morgan fingerprint density at radius 1 is 1.43 bits per heavy atom. The molecule has 14 heavy (non-hydrogen) atoms. The lowest BCUT2D eigenvalue weighted by molar-refractivity contribution is -0.134. The molecule has 0 fully saturated rings. The van der Waals surface area contributed by atoms with Crippen molar-refractivity contribution in [2.45, 2.75) is 13.3 Å². The van der Waals surface area contributed by atoms with Gasteiger partial charge in [0, 0.05) is 23.5 Å². The monoisotopic (exact) mass is 189 g/mol. The first-order chi connectivity index (χ1) is 6.79. The van der Waals surface area contributed by atoms with Gasteiger partial charge in [0.1, 0.15) is 5.75 Å². The van der Waals surface area contributed by atoms with Gasteiger partial charge in [0.2, 0.25) is 0 Å². The molecule has 0 aliphatic rings. The number of esters is 1. The number of nitrogens with one attached hydrogen (secondary N) is 1. The Morgan fingerprint density at radius 3 is 3.07 bits per heavy atom. The van der Waals surface area contributed by atoms with Crippen molar-refractivity contribution >= 4 is 16.9 Å². The van der Waals surface area contributed by atoms with Gasteiger partial charge >= 0.3 is 5.97 Å². The van der Waals surface area contributed by atoms with E-state index in [1.165, 1.54) is 0 Å². The van der Waals surface area contributed by atoms with E-state index in [1.807, 2.05) is 24.4 Å². The van der Waals surface area contributed by atoms with E-state index in [2.05, 4.69) is 4.98 Å². The van der Waals surface area contributed by atoms with Gasteiger partial charge in [0.25, 0.3) is 0 Å². The minimum atomic E-state index is -0.208. The quantitative estimate of drug-likeness (QED) is 0.582. The maximum absolute atomic E-state index is 11.0. The number of fused-ring (bicyclic) bond motifs is 1. The van der Waals surface area contributed by atoms with Gasteiger partial charge in [-0.25, -0.2) is 0 Å². The molecule has 2 rings (SSSR count). The third-order valence-corrected chi connectivity index (χ3v) is 2.05. The van der Waals surface area contributed by atoms with E-state index in [0.717, 1.165) is 10.9 Å². The fraction of sp³-hybridized carbons (Fsp3) is 0.182. The Kier molecular flexibility index (Phi) is 2.23. The number of rotatable bonds is 2. The van der Waals surface area contributed by atoms with Crippen LogP contribution in [0.5, 0.6) is 5.75 Å². The van der Waals surface area contributed by atoms with Crippen molar-refractivity contribution in [3.8, 4) is 5.75 Å². The molecule has 0 aliphatic carbocycles. The second-order valence-corrected chi connectivity index (χ2v) is 3.05. The summed E-state index contributed by atoms with van der Waals surface area (Å²) in [6.07, 6.45) is 2.25. The largest absolute Gasteiger partial charge is 0.427 e. The Balaban J connectivity index is 2.30. The summed E-state index contributed by atoms with van der Waals surface area (Å²) >= 11 is 0. The molecule has 1 aromatic heterocycles. The van der Waals surface area contributed by atoms with Gasteiger partial charge in [-0.2, -0.15) is 0 Å². The van der Waals surface area contributed by atoms with Crippen LogP contribution in [0, 0.1) is 0 Å². The van der Waals surface area contributed by atoms with Crippen LogP contribution in [0.15, 0.2) is 30.5 Å². The van der Waals surface area contributed by atoms with Crippen molar-refractivity contribution in [3.63, 3.8) is 0 Å². The number of ether oxygens (including phenoxy) is 1. The molecular weight excluding hydrogens is 178 g/mol. The second-order valence-electron chi connectivity index (χ2n) is 3.05. The third-order valence-electron chi connectivity index (χ3n) is 2.05. The SMILES string of the molecule is CCC(=O)Oc1ccc2[nH]ccc2c1. The van der Waals surface area contributed by atoms with Crippen molar-refractivity contribution in [2.24, 2.45) is 0 Å². The van der Waals surface area contributed by atoms with Crippen LogP contribution in [0.2, 0.25) is 0 Å². The van der Waals surface area contributed by atoms with Crippen LogP contribution in [0.4, 0.5) is 0 Å². The van der Waals surface area contributed by atoms with Crippen molar-refractivity contribution in [2.75, 3.05) is 0 Å². The number of carbonyl (C=O) groups excluding carboxylic acids is 1. The summed E-state index contributed by atoms with van der Waals surface area (Å²) < 4.78 is 5.09. The minimum absolute atomic E-state index is 0.208. The maximum atomic E-state index is 11.0. The van der Waals surface area contributed by atoms with Crippen LogP contribution in [0.1, 0.15) is 13.3 Å². The summed E-state index contributed by atoms with van der Waals surface area (Å²) in [5.74, 6) is 0.392. The van der Waals surface area contributed by atoms with Crippen molar-refractivity contribution in [1.29, 1.82) is 0 Å². The minimum Gasteiger partial charge on any atom is -0.427 e. The molecule has 0 radical (unpaired) electrons. The van der Waals surface area contributed by atoms with Crippen LogP contribution < -0.4 is 4.74 Å². The lowest BCUT2D eigenvalue weighted by Gasteiger charge is -2.01. The summed E-state index contributed by atoms with van der Waals surface area (Å²) in [5, 5.41) is 1.05. The number of benzene rings is 1. The molecule has 2 aromatic rings. The van der Waals surface area contributed by atoms with Gasteiger partial charge < -0.3 is 9.72 Å². The van der Waals surface area contributed by atoms with E-state index >= 15 is 0 Å². The molecule has 0 unspecified atom stereocenters. The van der Waals surface area contributed by atoms with Gasteiger partial charge in [-0.1, -0.05) is 6.92 Å². The van der Waals surface area contributed by atoms with Crippen LogP contribution in [0.25, 0.3) is 10.9 Å². The summed E-state index contributed by atoms with van der Waals surface area (Å²) in [6, 6.07) is 7.47. The molecule has 0 saturated carbocycles. The predicted molar refractivity (Wildman–Crippen MR) is 54.2 cm³/mol. The van der Waals surface area contributed by atoms with Crippen molar-refractivity contribution in [1.82, 2.24) is 4.98 Å². The van der Waals surface area contributed by atoms with Gasteiger partial charge in [-0.15, -0.1) is 0 Å². The van der Waals surface area contributed by atoms with Crippen molar-refractivity contribution in [3.05, 3.63) is 30.5 Å². The number of aromatic amines is 1. The van der Waals surface area contributed by atoms with Crippen molar-refractivity contribution < 1.29 is 9.53 Å². The zero-order valence-corrected chi connectivity index (χ0v) is 7.91. The third kappa shape index (κ3) is 1.62. The van der Waals surface area contributed by atoms with Crippen LogP contribution in [0.3, 0.4) is 0 Å². The predicted octanol–water partition coefficient (Wildman–Crippen LogP) is 2.48. The standard InChI is InChI=1S/C11H11NO2/c1-2-11(13)14-9-3-4-10-8(7-9)5-6-12-10/h3-7,12H,2H2,1H3. The summed E-state index contributed by atoms with van der Waals surface area (Å²) in [4.78, 5) is 14.1. The number of H-pyrrole nitrogens is 1. The zero-order valence-electron chi connectivity index (χ0n) is 7.91. The van der Waals surface area contributed by atoms with E-state index < -0.39 is 0 Å². The van der Waals surface area contributed by atoms with E-state index in [1.54, 1.807) is 13.0 Å². The second kappa shape index (κ2) is 3.54. The van der Waals surface area contributed by atoms with E-state index in [9.17, 15) is 4.79 Å². The Labute approximate surface area is 81.7 Å². The number of hydrogen-bond acceptors (Lipinski definition) is 2. The normalized spacial score (nSPS) is 10.4. The molecule has 0 saturated heterocycles. The first kappa shape index (κ1) is 8.81. The number of aromatic nitrogens is 1. The molecule has 0 aliphatic heterocycles. The lowest BCUT2D eigenvalue weighted by atomic mass is 10.2. The topological polar surface area (TPSA) is 42.1 Å².